The number of para-hydroxylation sites is 2. The molecule has 0 spiro atoms. The SMILES string of the molecule is N#Cc1cc2ccc3cc(-c4ccc5ccc6c(-c7ccc(-c8cccc9cccnc89)cc7)ccc7ccc4c5c76)cc4c3c2c(c1)n4-c1ccccc1. The lowest BCUT2D eigenvalue weighted by molar-refractivity contribution is 1.18. The van der Waals surface area contributed by atoms with Crippen LogP contribution in [-0.2, 0) is 0 Å². The van der Waals surface area contributed by atoms with Crippen molar-refractivity contribution in [2.75, 3.05) is 0 Å². The van der Waals surface area contributed by atoms with Gasteiger partial charge in [-0.05, 0) is 113 Å². The molecular weight excluding hydrogens is 667 g/mol. The Hall–Kier alpha value is -7.54. The number of hydrogen-bond donors (Lipinski definition) is 0. The van der Waals surface area contributed by atoms with Gasteiger partial charge in [0.2, 0.25) is 0 Å². The fourth-order valence-corrected chi connectivity index (χ4v) is 9.31. The van der Waals surface area contributed by atoms with Crippen LogP contribution in [0.25, 0.3) is 115 Å². The molecule has 0 aliphatic rings. The van der Waals surface area contributed by atoms with Crippen molar-refractivity contribution in [2.45, 2.75) is 0 Å². The third-order valence-electron chi connectivity index (χ3n) is 11.7. The van der Waals surface area contributed by atoms with Crippen LogP contribution in [0.2, 0.25) is 0 Å². The number of nitrogens with zero attached hydrogens (tertiary/aromatic N) is 3. The maximum atomic E-state index is 9.96. The van der Waals surface area contributed by atoms with E-state index in [1.807, 2.05) is 24.4 Å². The lowest BCUT2D eigenvalue weighted by Crippen LogP contribution is -1.94. The highest BCUT2D eigenvalue weighted by Crippen LogP contribution is 2.46. The average molecular weight is 696 g/mol. The molecule has 0 saturated heterocycles. The van der Waals surface area contributed by atoms with Crippen LogP contribution >= 0.6 is 0 Å². The molecule has 3 nitrogen and oxygen atoms in total. The van der Waals surface area contributed by atoms with E-state index in [9.17, 15) is 5.26 Å². The van der Waals surface area contributed by atoms with Crippen molar-refractivity contribution in [3.05, 3.63) is 182 Å². The monoisotopic (exact) mass is 695 g/mol. The Labute approximate surface area is 316 Å². The standard InChI is InChI=1S/C52H29N3/c53-30-31-26-37-15-16-38-28-39(29-47-51(38)50(37)46(27-31)55(47)40-8-2-1-3-9-40)42-22-18-35-19-23-44-41(21-17-34-20-24-45(42)49(35)48(34)44)32-11-13-33(14-12-32)43-10-4-6-36-7-5-25-54-52(36)43/h1-29H. The van der Waals surface area contributed by atoms with E-state index >= 15 is 0 Å². The normalized spacial score (nSPS) is 12.0. The molecule has 0 saturated carbocycles. The molecule has 0 fully saturated rings. The van der Waals surface area contributed by atoms with Crippen LogP contribution in [0.4, 0.5) is 0 Å². The van der Waals surface area contributed by atoms with Gasteiger partial charge < -0.3 is 4.57 Å². The molecule has 10 aromatic carbocycles. The Morgan fingerprint density at radius 3 is 1.73 bits per heavy atom. The van der Waals surface area contributed by atoms with Gasteiger partial charge in [-0.15, -0.1) is 0 Å². The molecule has 0 radical (unpaired) electrons. The van der Waals surface area contributed by atoms with E-state index < -0.39 is 0 Å². The smallest absolute Gasteiger partial charge is 0.0992 e. The van der Waals surface area contributed by atoms with Crippen molar-refractivity contribution in [3.8, 4) is 45.1 Å². The fraction of sp³-hybridized carbons (Fsp3) is 0. The van der Waals surface area contributed by atoms with E-state index in [0.29, 0.717) is 5.56 Å². The molecule has 55 heavy (non-hydrogen) atoms. The molecule has 3 heteroatoms. The quantitative estimate of drug-likeness (QED) is 0.172. The topological polar surface area (TPSA) is 41.6 Å². The zero-order chi connectivity index (χ0) is 36.2. The third kappa shape index (κ3) is 4.28. The summed E-state index contributed by atoms with van der Waals surface area (Å²) in [5, 5.41) is 23.4. The predicted molar refractivity (Wildman–Crippen MR) is 230 cm³/mol. The second-order valence-corrected chi connectivity index (χ2v) is 14.6. The van der Waals surface area contributed by atoms with Crippen LogP contribution in [0.3, 0.4) is 0 Å². The summed E-state index contributed by atoms with van der Waals surface area (Å²) in [4.78, 5) is 4.70. The minimum Gasteiger partial charge on any atom is -0.309 e. The predicted octanol–water partition coefficient (Wildman–Crippen LogP) is 13.7. The van der Waals surface area contributed by atoms with Crippen molar-refractivity contribution in [1.82, 2.24) is 9.55 Å². The second kappa shape index (κ2) is 11.2. The number of hydrogen-bond acceptors (Lipinski definition) is 2. The van der Waals surface area contributed by atoms with E-state index in [4.69, 9.17) is 4.98 Å². The van der Waals surface area contributed by atoms with Gasteiger partial charge in [0.05, 0.1) is 28.2 Å². The van der Waals surface area contributed by atoms with E-state index in [1.54, 1.807) is 0 Å². The van der Waals surface area contributed by atoms with Crippen LogP contribution < -0.4 is 0 Å². The molecule has 0 N–H and O–H groups in total. The average Bonchev–Trinajstić information content (AvgIpc) is 3.59. The molecule has 0 bridgehead atoms. The van der Waals surface area contributed by atoms with Crippen LogP contribution in [0, 0.1) is 11.3 Å². The number of fused-ring (bicyclic) bond motifs is 1. The molecule has 0 aliphatic heterocycles. The van der Waals surface area contributed by atoms with Crippen LogP contribution in [-0.4, -0.2) is 9.55 Å². The van der Waals surface area contributed by atoms with Crippen LogP contribution in [0.1, 0.15) is 5.56 Å². The highest BCUT2D eigenvalue weighted by atomic mass is 15.0. The summed E-state index contributed by atoms with van der Waals surface area (Å²) in [6.45, 7) is 0. The highest BCUT2D eigenvalue weighted by Gasteiger charge is 2.21. The van der Waals surface area contributed by atoms with Gasteiger partial charge in [-0.2, -0.15) is 5.26 Å². The first kappa shape index (κ1) is 30.0. The zero-order valence-corrected chi connectivity index (χ0v) is 29.6. The van der Waals surface area contributed by atoms with Crippen molar-refractivity contribution in [3.63, 3.8) is 0 Å². The molecule has 0 aliphatic carbocycles. The number of benzene rings is 10. The van der Waals surface area contributed by atoms with Gasteiger partial charge in [-0.1, -0.05) is 127 Å². The van der Waals surface area contributed by atoms with Gasteiger partial charge in [0.15, 0.2) is 0 Å². The largest absolute Gasteiger partial charge is 0.309 e. The fourth-order valence-electron chi connectivity index (χ4n) is 9.31. The molecule has 2 aromatic heterocycles. The summed E-state index contributed by atoms with van der Waals surface area (Å²) in [5.41, 5.74) is 12.1. The molecule has 2 heterocycles. The van der Waals surface area contributed by atoms with Gasteiger partial charge in [-0.3, -0.25) is 4.98 Å². The van der Waals surface area contributed by atoms with Gasteiger partial charge in [0.1, 0.15) is 0 Å². The first-order chi connectivity index (χ1) is 27.2. The Balaban J connectivity index is 1.06. The summed E-state index contributed by atoms with van der Waals surface area (Å²) < 4.78 is 2.33. The number of nitriles is 1. The summed E-state index contributed by atoms with van der Waals surface area (Å²) in [5.74, 6) is 0. The molecule has 0 atom stereocenters. The van der Waals surface area contributed by atoms with Crippen LogP contribution in [0.15, 0.2) is 176 Å². The van der Waals surface area contributed by atoms with E-state index in [-0.39, 0.29) is 0 Å². The van der Waals surface area contributed by atoms with Crippen molar-refractivity contribution >= 4 is 75.8 Å². The molecule has 12 aromatic rings. The van der Waals surface area contributed by atoms with Gasteiger partial charge in [0.25, 0.3) is 0 Å². The van der Waals surface area contributed by atoms with Crippen molar-refractivity contribution < 1.29 is 0 Å². The number of rotatable bonds is 4. The van der Waals surface area contributed by atoms with Crippen molar-refractivity contribution in [2.24, 2.45) is 0 Å². The zero-order valence-electron chi connectivity index (χ0n) is 29.6. The molecule has 0 unspecified atom stereocenters. The van der Waals surface area contributed by atoms with Gasteiger partial charge >= 0.3 is 0 Å². The number of aromatic nitrogens is 2. The maximum absolute atomic E-state index is 9.96. The second-order valence-electron chi connectivity index (χ2n) is 14.6. The summed E-state index contributed by atoms with van der Waals surface area (Å²) >= 11 is 0. The summed E-state index contributed by atoms with van der Waals surface area (Å²) in [6, 6.07) is 63.8. The van der Waals surface area contributed by atoms with E-state index in [1.165, 1.54) is 70.7 Å². The van der Waals surface area contributed by atoms with Gasteiger partial charge in [0, 0.05) is 33.6 Å². The first-order valence-electron chi connectivity index (χ1n) is 18.7. The molecular formula is C52H29N3. The molecule has 0 amide bonds. The minimum atomic E-state index is 0.667. The maximum Gasteiger partial charge on any atom is 0.0992 e. The Kier molecular flexibility index (Phi) is 6.12. The first-order valence-corrected chi connectivity index (χ1v) is 18.7. The van der Waals surface area contributed by atoms with E-state index in [0.717, 1.165) is 44.1 Å². The Bertz CT molecular complexity index is 3530. The summed E-state index contributed by atoms with van der Waals surface area (Å²) in [7, 11) is 0. The molecule has 12 rings (SSSR count). The van der Waals surface area contributed by atoms with Crippen molar-refractivity contribution in [1.29, 1.82) is 5.26 Å². The lowest BCUT2D eigenvalue weighted by atomic mass is 9.86. The molecule has 252 valence electrons. The Morgan fingerprint density at radius 1 is 0.418 bits per heavy atom. The van der Waals surface area contributed by atoms with E-state index in [2.05, 4.69) is 162 Å². The minimum absolute atomic E-state index is 0.667. The lowest BCUT2D eigenvalue weighted by Gasteiger charge is -2.17. The Morgan fingerprint density at radius 2 is 1.02 bits per heavy atom. The van der Waals surface area contributed by atoms with Crippen LogP contribution in [0.5, 0.6) is 0 Å². The summed E-state index contributed by atoms with van der Waals surface area (Å²) in [6.07, 6.45) is 1.87. The number of pyridine rings is 1. The highest BCUT2D eigenvalue weighted by molar-refractivity contribution is 6.29. The van der Waals surface area contributed by atoms with Gasteiger partial charge in [-0.25, -0.2) is 0 Å². The third-order valence-corrected chi connectivity index (χ3v) is 11.7.